The Kier molecular flexibility index (Phi) is 6.47. The maximum Gasteiger partial charge on any atom is 0.243 e. The monoisotopic (exact) mass is 487 g/mol. The number of thiazole rings is 1. The summed E-state index contributed by atoms with van der Waals surface area (Å²) in [5.74, 6) is -0.244. The summed E-state index contributed by atoms with van der Waals surface area (Å²) in [5, 5.41) is 1.97. The second kappa shape index (κ2) is 9.50. The van der Waals surface area contributed by atoms with Gasteiger partial charge in [0.25, 0.3) is 0 Å². The van der Waals surface area contributed by atoms with Crippen molar-refractivity contribution in [2.24, 2.45) is 4.99 Å². The number of halogens is 1. The molecule has 1 aromatic heterocycles. The molecule has 0 radical (unpaired) electrons. The molecule has 0 unspecified atom stereocenters. The van der Waals surface area contributed by atoms with Gasteiger partial charge in [0.1, 0.15) is 5.82 Å². The molecule has 6 nitrogen and oxygen atoms in total. The molecule has 2 fully saturated rings. The summed E-state index contributed by atoms with van der Waals surface area (Å²) in [6, 6.07) is 13.8. The molecule has 9 heteroatoms. The van der Waals surface area contributed by atoms with Gasteiger partial charge in [0, 0.05) is 30.1 Å². The first-order valence-corrected chi connectivity index (χ1v) is 13.5. The fraction of sp³-hybridized carbons (Fsp3) is 0.375. The second-order valence-corrected chi connectivity index (χ2v) is 11.1. The summed E-state index contributed by atoms with van der Waals surface area (Å²) in [5.41, 5.74) is 2.09. The molecule has 0 bridgehead atoms. The molecule has 3 aromatic rings. The van der Waals surface area contributed by atoms with E-state index >= 15 is 0 Å². The van der Waals surface area contributed by atoms with Gasteiger partial charge in [0.15, 0.2) is 4.80 Å². The Balaban J connectivity index is 1.51. The van der Waals surface area contributed by atoms with Crippen molar-refractivity contribution in [3.05, 3.63) is 64.5 Å². The first-order valence-electron chi connectivity index (χ1n) is 11.2. The molecular formula is C24H26FN3O3S2. The smallest absolute Gasteiger partial charge is 0.243 e. The van der Waals surface area contributed by atoms with Crippen LogP contribution >= 0.6 is 11.3 Å². The van der Waals surface area contributed by atoms with Crippen LogP contribution in [0.3, 0.4) is 0 Å². The predicted molar refractivity (Wildman–Crippen MR) is 126 cm³/mol. The zero-order valence-corrected chi connectivity index (χ0v) is 19.8. The fourth-order valence-electron chi connectivity index (χ4n) is 4.52. The lowest BCUT2D eigenvalue weighted by Gasteiger charge is -2.26. The zero-order chi connectivity index (χ0) is 22.8. The molecule has 0 spiro atoms. The van der Waals surface area contributed by atoms with E-state index in [9.17, 15) is 12.8 Å². The SMILES string of the molecule is O=S(=O)(c1ccc(N=c2scc(-c3ccccc3F)n2C2CCCC2)cc1)N1CCOCC1. The van der Waals surface area contributed by atoms with Crippen molar-refractivity contribution in [1.82, 2.24) is 8.87 Å². The van der Waals surface area contributed by atoms with Crippen molar-refractivity contribution in [3.63, 3.8) is 0 Å². The number of ether oxygens (including phenoxy) is 1. The Morgan fingerprint density at radius 3 is 2.39 bits per heavy atom. The molecule has 5 rings (SSSR count). The average Bonchev–Trinajstić information content (AvgIpc) is 3.50. The maximum atomic E-state index is 14.6. The predicted octanol–water partition coefficient (Wildman–Crippen LogP) is 4.72. The van der Waals surface area contributed by atoms with E-state index < -0.39 is 10.0 Å². The van der Waals surface area contributed by atoms with E-state index in [0.29, 0.717) is 37.6 Å². The minimum atomic E-state index is -3.54. The summed E-state index contributed by atoms with van der Waals surface area (Å²) >= 11 is 1.48. The summed E-state index contributed by atoms with van der Waals surface area (Å²) in [6.07, 6.45) is 4.39. The van der Waals surface area contributed by atoms with E-state index in [1.807, 2.05) is 11.4 Å². The van der Waals surface area contributed by atoms with Gasteiger partial charge in [-0.3, -0.25) is 0 Å². The Hall–Kier alpha value is -2.33. The third-order valence-corrected chi connectivity index (χ3v) is 9.00. The normalized spacial score (nSPS) is 18.8. The Bertz CT molecular complexity index is 1290. The van der Waals surface area contributed by atoms with Crippen molar-refractivity contribution in [1.29, 1.82) is 0 Å². The van der Waals surface area contributed by atoms with Crippen LogP contribution in [0.1, 0.15) is 31.7 Å². The number of hydrogen-bond acceptors (Lipinski definition) is 5. The van der Waals surface area contributed by atoms with E-state index in [1.165, 1.54) is 21.7 Å². The highest BCUT2D eigenvalue weighted by molar-refractivity contribution is 7.89. The zero-order valence-electron chi connectivity index (χ0n) is 18.2. The minimum absolute atomic E-state index is 0.244. The minimum Gasteiger partial charge on any atom is -0.379 e. The summed E-state index contributed by atoms with van der Waals surface area (Å²) in [4.78, 5) is 5.88. The van der Waals surface area contributed by atoms with Gasteiger partial charge in [0.05, 0.1) is 29.5 Å². The number of hydrogen-bond donors (Lipinski definition) is 0. The van der Waals surface area contributed by atoms with Crippen LogP contribution in [0.15, 0.2) is 63.8 Å². The van der Waals surface area contributed by atoms with Crippen molar-refractivity contribution < 1.29 is 17.5 Å². The molecule has 2 aliphatic rings. The Labute approximate surface area is 197 Å². The molecule has 2 aromatic carbocycles. The van der Waals surface area contributed by atoms with Crippen LogP contribution in [0.25, 0.3) is 11.3 Å². The van der Waals surface area contributed by atoms with Crippen LogP contribution in [-0.2, 0) is 14.8 Å². The van der Waals surface area contributed by atoms with E-state index in [-0.39, 0.29) is 16.8 Å². The lowest BCUT2D eigenvalue weighted by molar-refractivity contribution is 0.0730. The highest BCUT2D eigenvalue weighted by atomic mass is 32.2. The molecule has 1 aliphatic carbocycles. The van der Waals surface area contributed by atoms with Crippen LogP contribution < -0.4 is 4.80 Å². The molecule has 1 saturated carbocycles. The van der Waals surface area contributed by atoms with Crippen LogP contribution in [0.5, 0.6) is 0 Å². The molecule has 1 aliphatic heterocycles. The molecule has 0 amide bonds. The summed E-state index contributed by atoms with van der Waals surface area (Å²) in [6.45, 7) is 1.56. The number of rotatable bonds is 5. The van der Waals surface area contributed by atoms with Gasteiger partial charge in [-0.2, -0.15) is 4.31 Å². The third-order valence-electron chi connectivity index (χ3n) is 6.25. The molecular weight excluding hydrogens is 461 g/mol. The molecule has 0 atom stereocenters. The quantitative estimate of drug-likeness (QED) is 0.523. The van der Waals surface area contributed by atoms with Gasteiger partial charge >= 0.3 is 0 Å². The number of nitrogens with zero attached hydrogens (tertiary/aromatic N) is 3. The first kappa shape index (κ1) is 22.5. The van der Waals surface area contributed by atoms with Gasteiger partial charge in [0.2, 0.25) is 10.0 Å². The molecule has 33 heavy (non-hydrogen) atoms. The van der Waals surface area contributed by atoms with E-state index in [1.54, 1.807) is 36.4 Å². The summed E-state index contributed by atoms with van der Waals surface area (Å²) in [7, 11) is -3.54. The fourth-order valence-corrected chi connectivity index (χ4v) is 6.91. The van der Waals surface area contributed by atoms with Gasteiger partial charge in [-0.05, 0) is 49.2 Å². The van der Waals surface area contributed by atoms with Crippen molar-refractivity contribution >= 4 is 27.0 Å². The first-order chi connectivity index (χ1) is 16.0. The van der Waals surface area contributed by atoms with Crippen molar-refractivity contribution in [2.75, 3.05) is 26.3 Å². The highest BCUT2D eigenvalue weighted by Crippen LogP contribution is 2.34. The van der Waals surface area contributed by atoms with Gasteiger partial charge in [-0.25, -0.2) is 17.8 Å². The maximum absolute atomic E-state index is 14.6. The van der Waals surface area contributed by atoms with E-state index in [2.05, 4.69) is 4.57 Å². The van der Waals surface area contributed by atoms with Crippen molar-refractivity contribution in [3.8, 4) is 11.3 Å². The van der Waals surface area contributed by atoms with Crippen LogP contribution in [0.2, 0.25) is 0 Å². The molecule has 1 saturated heterocycles. The molecule has 2 heterocycles. The number of aromatic nitrogens is 1. The number of sulfonamides is 1. The number of benzene rings is 2. The van der Waals surface area contributed by atoms with Crippen LogP contribution in [0, 0.1) is 5.82 Å². The van der Waals surface area contributed by atoms with Gasteiger partial charge in [-0.15, -0.1) is 11.3 Å². The Morgan fingerprint density at radius 2 is 1.70 bits per heavy atom. The lowest BCUT2D eigenvalue weighted by atomic mass is 10.1. The van der Waals surface area contributed by atoms with E-state index in [0.717, 1.165) is 36.2 Å². The summed E-state index contributed by atoms with van der Waals surface area (Å²) < 4.78 is 49.2. The Morgan fingerprint density at radius 1 is 1.00 bits per heavy atom. The third kappa shape index (κ3) is 4.55. The lowest BCUT2D eigenvalue weighted by Crippen LogP contribution is -2.40. The van der Waals surface area contributed by atoms with E-state index in [4.69, 9.17) is 9.73 Å². The second-order valence-electron chi connectivity index (χ2n) is 8.31. The average molecular weight is 488 g/mol. The van der Waals surface area contributed by atoms with Crippen LogP contribution in [-0.4, -0.2) is 43.6 Å². The molecule has 174 valence electrons. The van der Waals surface area contributed by atoms with Gasteiger partial charge < -0.3 is 9.30 Å². The standard InChI is InChI=1S/C24H26FN3O3S2/c25-22-8-4-3-7-21(22)23-17-32-24(28(23)19-5-1-2-6-19)26-18-9-11-20(12-10-18)33(29,30)27-13-15-31-16-14-27/h3-4,7-12,17,19H,1-2,5-6,13-16H2. The van der Waals surface area contributed by atoms with Crippen molar-refractivity contribution in [2.45, 2.75) is 36.6 Å². The topological polar surface area (TPSA) is 63.9 Å². The highest BCUT2D eigenvalue weighted by Gasteiger charge is 2.26. The largest absolute Gasteiger partial charge is 0.379 e. The van der Waals surface area contributed by atoms with Gasteiger partial charge in [-0.1, -0.05) is 25.0 Å². The van der Waals surface area contributed by atoms with Crippen LogP contribution in [0.4, 0.5) is 10.1 Å². The number of morpholine rings is 1. The molecule has 0 N–H and O–H groups in total.